The lowest BCUT2D eigenvalue weighted by molar-refractivity contribution is -0.000194. The number of hydrogen-bond donors (Lipinski definition) is 3. The van der Waals surface area contributed by atoms with E-state index in [2.05, 4.69) is 30.5 Å². The minimum atomic E-state index is -0.575. The van der Waals surface area contributed by atoms with Crippen LogP contribution in [0.25, 0.3) is 11.3 Å². The maximum Gasteiger partial charge on any atom is 0.228 e. The van der Waals surface area contributed by atoms with Crippen molar-refractivity contribution in [2.75, 3.05) is 62.1 Å². The fourth-order valence-electron chi connectivity index (χ4n) is 5.57. The van der Waals surface area contributed by atoms with Crippen molar-refractivity contribution < 1.29 is 19.0 Å². The highest BCUT2D eigenvalue weighted by molar-refractivity contribution is 6.33. The third kappa shape index (κ3) is 4.30. The summed E-state index contributed by atoms with van der Waals surface area (Å²) in [7, 11) is 1.59. The summed E-state index contributed by atoms with van der Waals surface area (Å²) in [5.41, 5.74) is 2.71. The normalized spacial score (nSPS) is 21.6. The number of benzene rings is 1. The second kappa shape index (κ2) is 9.52. The molecule has 0 radical (unpaired) electrons. The third-order valence-corrected chi connectivity index (χ3v) is 8.32. The molecule has 3 aromatic rings. The molecule has 11 heteroatoms. The van der Waals surface area contributed by atoms with Crippen LogP contribution in [-0.2, 0) is 10.2 Å². The Morgan fingerprint density at radius 1 is 1.21 bits per heavy atom. The molecule has 3 N–H and O–H groups in total. The van der Waals surface area contributed by atoms with E-state index in [4.69, 9.17) is 21.1 Å². The molecule has 0 aliphatic carbocycles. The predicted octanol–water partition coefficient (Wildman–Crippen LogP) is 4.38. The van der Waals surface area contributed by atoms with E-state index in [-0.39, 0.29) is 18.2 Å². The average Bonchev–Trinajstić information content (AvgIpc) is 3.25. The van der Waals surface area contributed by atoms with Gasteiger partial charge in [-0.05, 0) is 25.0 Å². The van der Waals surface area contributed by atoms with Crippen LogP contribution in [0.4, 0.5) is 27.5 Å². The first kappa shape index (κ1) is 25.1. The number of rotatable bonds is 6. The van der Waals surface area contributed by atoms with Crippen LogP contribution in [-0.4, -0.2) is 66.6 Å². The summed E-state index contributed by atoms with van der Waals surface area (Å²) in [5.74, 6) is 0.879. The molecule has 1 atom stereocenters. The molecule has 2 saturated heterocycles. The molecule has 3 aliphatic rings. The van der Waals surface area contributed by atoms with Gasteiger partial charge in [0.15, 0.2) is 5.82 Å². The van der Waals surface area contributed by atoms with E-state index in [1.54, 1.807) is 19.4 Å². The van der Waals surface area contributed by atoms with Gasteiger partial charge in [0, 0.05) is 67.1 Å². The minimum absolute atomic E-state index is 0.0550. The van der Waals surface area contributed by atoms with Gasteiger partial charge < -0.3 is 30.1 Å². The molecule has 0 amide bonds. The van der Waals surface area contributed by atoms with E-state index in [1.165, 1.54) is 0 Å². The number of pyridine rings is 1. The van der Waals surface area contributed by atoms with Gasteiger partial charge in [0.05, 0.1) is 36.3 Å². The van der Waals surface area contributed by atoms with Gasteiger partial charge in [0.2, 0.25) is 5.95 Å². The first-order chi connectivity index (χ1) is 18.3. The molecule has 5 heterocycles. The smallest absolute Gasteiger partial charge is 0.228 e. The standard InChI is InChI=1S/C27H30ClFN6O3/c1-26(15-36)12-32-24-17(26)7-16(10-30-24)23-19(29)11-31-25(34-23)33-20-8-18(28)21(9-22(20)37-2)35-13-27(14-35)3-5-38-6-4-27/h7-11,36H,3-6,12-15H2,1-2H3,(H,30,32)(H,31,33,34). The Labute approximate surface area is 225 Å². The van der Waals surface area contributed by atoms with Gasteiger partial charge in [-0.3, -0.25) is 0 Å². The SMILES string of the molecule is COc1cc(N2CC3(CCOCC3)C2)c(Cl)cc1Nc1ncc(F)c(-c2cnc3c(c2)C(C)(CO)CN3)n1. The number of anilines is 4. The van der Waals surface area contributed by atoms with Crippen molar-refractivity contribution in [1.29, 1.82) is 0 Å². The zero-order valence-corrected chi connectivity index (χ0v) is 22.1. The summed E-state index contributed by atoms with van der Waals surface area (Å²) < 4.78 is 26.0. The molecule has 1 spiro atoms. The van der Waals surface area contributed by atoms with Gasteiger partial charge in [-0.1, -0.05) is 18.5 Å². The number of aromatic nitrogens is 3. The molecule has 2 fully saturated rings. The van der Waals surface area contributed by atoms with Gasteiger partial charge in [-0.25, -0.2) is 19.3 Å². The fraction of sp³-hybridized carbons (Fsp3) is 0.444. The Bertz CT molecular complexity index is 1380. The van der Waals surface area contributed by atoms with Crippen LogP contribution in [0.1, 0.15) is 25.3 Å². The number of nitrogens with one attached hydrogen (secondary N) is 2. The van der Waals surface area contributed by atoms with Gasteiger partial charge in [0.25, 0.3) is 0 Å². The largest absolute Gasteiger partial charge is 0.494 e. The molecule has 2 aromatic heterocycles. The number of hydrogen-bond acceptors (Lipinski definition) is 9. The third-order valence-electron chi connectivity index (χ3n) is 8.01. The number of aliphatic hydroxyl groups is 1. The van der Waals surface area contributed by atoms with E-state index in [1.807, 2.05) is 19.1 Å². The lowest BCUT2D eigenvalue weighted by atomic mass is 9.73. The van der Waals surface area contributed by atoms with Gasteiger partial charge in [0.1, 0.15) is 17.3 Å². The lowest BCUT2D eigenvalue weighted by Gasteiger charge is -2.53. The molecular weight excluding hydrogens is 511 g/mol. The molecule has 3 aliphatic heterocycles. The molecule has 0 bridgehead atoms. The molecule has 1 unspecified atom stereocenters. The van der Waals surface area contributed by atoms with Gasteiger partial charge in [-0.2, -0.15) is 0 Å². The van der Waals surface area contributed by atoms with Crippen molar-refractivity contribution >= 4 is 34.7 Å². The number of fused-ring (bicyclic) bond motifs is 1. The summed E-state index contributed by atoms with van der Waals surface area (Å²) in [5, 5.41) is 16.8. The monoisotopic (exact) mass is 540 g/mol. The summed E-state index contributed by atoms with van der Waals surface area (Å²) in [6.45, 7) is 5.94. The number of aliphatic hydroxyl groups excluding tert-OH is 1. The van der Waals surface area contributed by atoms with Gasteiger partial charge in [-0.15, -0.1) is 0 Å². The lowest BCUT2D eigenvalue weighted by Crippen LogP contribution is -2.58. The van der Waals surface area contributed by atoms with Crippen molar-refractivity contribution in [3.05, 3.63) is 47.0 Å². The van der Waals surface area contributed by atoms with Crippen molar-refractivity contribution in [3.63, 3.8) is 0 Å². The molecule has 9 nitrogen and oxygen atoms in total. The van der Waals surface area contributed by atoms with Crippen LogP contribution in [0.2, 0.25) is 5.02 Å². The predicted molar refractivity (Wildman–Crippen MR) is 144 cm³/mol. The summed E-state index contributed by atoms with van der Waals surface area (Å²) in [6, 6.07) is 5.51. The van der Waals surface area contributed by atoms with Crippen LogP contribution in [0, 0.1) is 11.2 Å². The van der Waals surface area contributed by atoms with E-state index in [9.17, 15) is 9.50 Å². The van der Waals surface area contributed by atoms with Crippen LogP contribution >= 0.6 is 11.6 Å². The van der Waals surface area contributed by atoms with Crippen molar-refractivity contribution in [3.8, 4) is 17.0 Å². The van der Waals surface area contributed by atoms with Crippen LogP contribution in [0.3, 0.4) is 0 Å². The number of methoxy groups -OCH3 is 1. The number of halogens is 2. The van der Waals surface area contributed by atoms with Crippen molar-refractivity contribution in [2.45, 2.75) is 25.2 Å². The maximum absolute atomic E-state index is 14.9. The first-order valence-electron chi connectivity index (χ1n) is 12.7. The number of nitrogens with zero attached hydrogens (tertiary/aromatic N) is 4. The molecular formula is C27H30ClFN6O3. The van der Waals surface area contributed by atoms with E-state index in [0.29, 0.717) is 39.8 Å². The van der Waals surface area contributed by atoms with Crippen LogP contribution in [0.5, 0.6) is 5.75 Å². The van der Waals surface area contributed by atoms with Crippen molar-refractivity contribution in [2.24, 2.45) is 5.41 Å². The highest BCUT2D eigenvalue weighted by atomic mass is 35.5. The first-order valence-corrected chi connectivity index (χ1v) is 13.1. The van der Waals surface area contributed by atoms with Crippen molar-refractivity contribution in [1.82, 2.24) is 15.0 Å². The molecule has 200 valence electrons. The van der Waals surface area contributed by atoms with E-state index < -0.39 is 11.2 Å². The Morgan fingerprint density at radius 2 is 2.00 bits per heavy atom. The zero-order chi connectivity index (χ0) is 26.5. The molecule has 38 heavy (non-hydrogen) atoms. The minimum Gasteiger partial charge on any atom is -0.494 e. The molecule has 0 saturated carbocycles. The van der Waals surface area contributed by atoms with Crippen LogP contribution < -0.4 is 20.3 Å². The Hall–Kier alpha value is -3.21. The van der Waals surface area contributed by atoms with E-state index in [0.717, 1.165) is 56.6 Å². The topological polar surface area (TPSA) is 105 Å². The Kier molecular flexibility index (Phi) is 6.28. The zero-order valence-electron chi connectivity index (χ0n) is 21.4. The van der Waals surface area contributed by atoms with Gasteiger partial charge >= 0.3 is 0 Å². The highest BCUT2D eigenvalue weighted by Gasteiger charge is 2.44. The summed E-state index contributed by atoms with van der Waals surface area (Å²) >= 11 is 6.71. The Balaban J connectivity index is 1.26. The maximum atomic E-state index is 14.9. The highest BCUT2D eigenvalue weighted by Crippen LogP contribution is 2.46. The second-order valence-corrected chi connectivity index (χ2v) is 11.1. The Morgan fingerprint density at radius 3 is 2.74 bits per heavy atom. The van der Waals surface area contributed by atoms with Crippen LogP contribution in [0.15, 0.2) is 30.6 Å². The molecule has 6 rings (SSSR count). The molecule has 1 aromatic carbocycles. The fourth-order valence-corrected chi connectivity index (χ4v) is 5.85. The second-order valence-electron chi connectivity index (χ2n) is 10.7. The quantitative estimate of drug-likeness (QED) is 0.420. The summed E-state index contributed by atoms with van der Waals surface area (Å²) in [6.07, 6.45) is 4.82. The van der Waals surface area contributed by atoms with E-state index >= 15 is 0 Å². The summed E-state index contributed by atoms with van der Waals surface area (Å²) in [4.78, 5) is 15.3. The average molecular weight is 541 g/mol. The number of ether oxygens (including phenoxy) is 2.